The monoisotopic (exact) mass is 295 g/mol. The first-order valence-corrected chi connectivity index (χ1v) is 7.73. The van der Waals surface area contributed by atoms with Gasteiger partial charge >= 0.3 is 0 Å². The first-order chi connectivity index (χ1) is 9.45. The van der Waals surface area contributed by atoms with E-state index in [9.17, 15) is 9.59 Å². The van der Waals surface area contributed by atoms with Crippen LogP contribution in [0.5, 0.6) is 0 Å². The number of primary amides is 1. The Morgan fingerprint density at radius 2 is 2.05 bits per heavy atom. The minimum atomic E-state index is -0.512. The molecular formula is C14H21N3O2S. The van der Waals surface area contributed by atoms with Gasteiger partial charge in [-0.15, -0.1) is 11.3 Å². The SMILES string of the molecule is C[C@@H]1C[C@@H](C)CN(CC(=O)Nc2sccc2C(N)=O)C1. The topological polar surface area (TPSA) is 75.4 Å². The highest BCUT2D eigenvalue weighted by atomic mass is 32.1. The van der Waals surface area contributed by atoms with E-state index in [4.69, 9.17) is 5.73 Å². The molecule has 0 radical (unpaired) electrons. The van der Waals surface area contributed by atoms with Crippen LogP contribution in [-0.2, 0) is 4.79 Å². The van der Waals surface area contributed by atoms with Gasteiger partial charge in [0.1, 0.15) is 5.00 Å². The Hall–Kier alpha value is -1.40. The molecule has 20 heavy (non-hydrogen) atoms. The molecule has 5 nitrogen and oxygen atoms in total. The van der Waals surface area contributed by atoms with Crippen molar-refractivity contribution in [1.29, 1.82) is 0 Å². The summed E-state index contributed by atoms with van der Waals surface area (Å²) in [6, 6.07) is 1.63. The molecule has 2 heterocycles. The average Bonchev–Trinajstić information content (AvgIpc) is 2.75. The fourth-order valence-electron chi connectivity index (χ4n) is 2.89. The molecule has 2 rings (SSSR count). The number of nitrogens with zero attached hydrogens (tertiary/aromatic N) is 1. The van der Waals surface area contributed by atoms with Crippen LogP contribution in [0.1, 0.15) is 30.6 Å². The predicted molar refractivity (Wildman–Crippen MR) is 80.9 cm³/mol. The van der Waals surface area contributed by atoms with Crippen LogP contribution in [0.25, 0.3) is 0 Å². The van der Waals surface area contributed by atoms with E-state index in [1.54, 1.807) is 11.4 Å². The number of rotatable bonds is 4. The maximum absolute atomic E-state index is 12.1. The molecule has 1 aliphatic rings. The van der Waals surface area contributed by atoms with E-state index in [0.717, 1.165) is 13.1 Å². The second-order valence-electron chi connectivity index (χ2n) is 5.72. The number of piperidine rings is 1. The predicted octanol–water partition coefficient (Wildman–Crippen LogP) is 1.76. The van der Waals surface area contributed by atoms with Gasteiger partial charge in [0, 0.05) is 13.1 Å². The summed E-state index contributed by atoms with van der Waals surface area (Å²) in [7, 11) is 0. The molecule has 0 spiro atoms. The Morgan fingerprint density at radius 1 is 1.40 bits per heavy atom. The van der Waals surface area contributed by atoms with E-state index >= 15 is 0 Å². The molecule has 3 N–H and O–H groups in total. The maximum atomic E-state index is 12.1. The molecule has 1 saturated heterocycles. The van der Waals surface area contributed by atoms with Crippen molar-refractivity contribution in [2.24, 2.45) is 17.6 Å². The van der Waals surface area contributed by atoms with Crippen molar-refractivity contribution < 1.29 is 9.59 Å². The van der Waals surface area contributed by atoms with Gasteiger partial charge in [-0.2, -0.15) is 0 Å². The van der Waals surface area contributed by atoms with Crippen molar-refractivity contribution >= 4 is 28.2 Å². The van der Waals surface area contributed by atoms with Crippen LogP contribution in [0.2, 0.25) is 0 Å². The van der Waals surface area contributed by atoms with E-state index in [2.05, 4.69) is 24.1 Å². The number of nitrogens with two attached hydrogens (primary N) is 1. The number of amides is 2. The van der Waals surface area contributed by atoms with Gasteiger partial charge in [0.25, 0.3) is 5.91 Å². The van der Waals surface area contributed by atoms with Crippen LogP contribution in [0.4, 0.5) is 5.00 Å². The van der Waals surface area contributed by atoms with Crippen LogP contribution in [0.15, 0.2) is 11.4 Å². The molecule has 110 valence electrons. The third-order valence-corrected chi connectivity index (χ3v) is 4.33. The van der Waals surface area contributed by atoms with Crippen molar-refractivity contribution in [1.82, 2.24) is 4.90 Å². The highest BCUT2D eigenvalue weighted by Crippen LogP contribution is 2.23. The number of anilines is 1. The standard InChI is InChI=1S/C14H21N3O2S/c1-9-5-10(2)7-17(6-9)8-12(18)16-14-11(13(15)19)3-4-20-14/h3-4,9-10H,5-8H2,1-2H3,(H2,15,19)(H,16,18)/t9-,10-/m1/s1. The number of nitrogens with one attached hydrogen (secondary N) is 1. The summed E-state index contributed by atoms with van der Waals surface area (Å²) < 4.78 is 0. The first kappa shape index (κ1) is 15.0. The Kier molecular flexibility index (Phi) is 4.77. The second kappa shape index (κ2) is 6.37. The van der Waals surface area contributed by atoms with Gasteiger partial charge in [0.2, 0.25) is 5.91 Å². The van der Waals surface area contributed by atoms with E-state index in [-0.39, 0.29) is 5.91 Å². The summed E-state index contributed by atoms with van der Waals surface area (Å²) in [6.07, 6.45) is 1.22. The third-order valence-electron chi connectivity index (χ3n) is 3.50. The number of thiophene rings is 1. The van der Waals surface area contributed by atoms with Gasteiger partial charge in [0.15, 0.2) is 0 Å². The molecule has 0 aliphatic carbocycles. The van der Waals surface area contributed by atoms with Crippen molar-refractivity contribution in [3.05, 3.63) is 17.0 Å². The summed E-state index contributed by atoms with van der Waals surface area (Å²) in [6.45, 7) is 6.69. The zero-order valence-electron chi connectivity index (χ0n) is 11.9. The molecule has 1 aromatic heterocycles. The van der Waals surface area contributed by atoms with Crippen molar-refractivity contribution in [2.45, 2.75) is 20.3 Å². The fourth-order valence-corrected chi connectivity index (χ4v) is 3.70. The molecule has 0 bridgehead atoms. The lowest BCUT2D eigenvalue weighted by atomic mass is 9.92. The zero-order valence-corrected chi connectivity index (χ0v) is 12.7. The molecule has 6 heteroatoms. The Morgan fingerprint density at radius 3 is 2.65 bits per heavy atom. The quantitative estimate of drug-likeness (QED) is 0.889. The van der Waals surface area contributed by atoms with E-state index in [1.807, 2.05) is 0 Å². The zero-order chi connectivity index (χ0) is 14.7. The van der Waals surface area contributed by atoms with Crippen molar-refractivity contribution in [3.8, 4) is 0 Å². The van der Waals surface area contributed by atoms with Gasteiger partial charge in [0.05, 0.1) is 12.1 Å². The van der Waals surface area contributed by atoms with Gasteiger partial charge in [-0.25, -0.2) is 0 Å². The summed E-state index contributed by atoms with van der Waals surface area (Å²) in [5.74, 6) is 0.641. The highest BCUT2D eigenvalue weighted by Gasteiger charge is 2.23. The van der Waals surface area contributed by atoms with Gasteiger partial charge in [-0.3, -0.25) is 14.5 Å². The molecule has 1 aromatic rings. The number of hydrogen-bond donors (Lipinski definition) is 2. The second-order valence-corrected chi connectivity index (χ2v) is 6.63. The molecule has 0 aromatic carbocycles. The molecule has 0 saturated carbocycles. The summed E-state index contributed by atoms with van der Waals surface area (Å²) in [4.78, 5) is 25.4. The van der Waals surface area contributed by atoms with Gasteiger partial charge in [-0.05, 0) is 29.7 Å². The third kappa shape index (κ3) is 3.80. The average molecular weight is 295 g/mol. The van der Waals surface area contributed by atoms with Crippen molar-refractivity contribution in [2.75, 3.05) is 25.0 Å². The lowest BCUT2D eigenvalue weighted by Gasteiger charge is -2.34. The summed E-state index contributed by atoms with van der Waals surface area (Å²) in [5.41, 5.74) is 5.64. The van der Waals surface area contributed by atoms with Crippen molar-refractivity contribution in [3.63, 3.8) is 0 Å². The molecule has 2 amide bonds. The van der Waals surface area contributed by atoms with E-state index in [0.29, 0.717) is 28.9 Å². The maximum Gasteiger partial charge on any atom is 0.251 e. The van der Waals surface area contributed by atoms with E-state index < -0.39 is 5.91 Å². The molecule has 0 unspecified atom stereocenters. The smallest absolute Gasteiger partial charge is 0.251 e. The molecular weight excluding hydrogens is 274 g/mol. The normalized spacial score (nSPS) is 23.5. The van der Waals surface area contributed by atoms with E-state index in [1.165, 1.54) is 17.8 Å². The van der Waals surface area contributed by atoms with Crippen LogP contribution in [0.3, 0.4) is 0 Å². The van der Waals surface area contributed by atoms with Gasteiger partial charge < -0.3 is 11.1 Å². The molecule has 1 fully saturated rings. The number of carbonyl (C=O) groups is 2. The number of likely N-dealkylation sites (tertiary alicyclic amines) is 1. The van der Waals surface area contributed by atoms with Crippen LogP contribution >= 0.6 is 11.3 Å². The highest BCUT2D eigenvalue weighted by molar-refractivity contribution is 7.14. The first-order valence-electron chi connectivity index (χ1n) is 6.85. The largest absolute Gasteiger partial charge is 0.366 e. The lowest BCUT2D eigenvalue weighted by molar-refractivity contribution is -0.117. The summed E-state index contributed by atoms with van der Waals surface area (Å²) in [5, 5.41) is 5.08. The lowest BCUT2D eigenvalue weighted by Crippen LogP contribution is -2.42. The Labute approximate surface area is 123 Å². The Bertz CT molecular complexity index is 490. The molecule has 2 atom stereocenters. The minimum absolute atomic E-state index is 0.0868. The van der Waals surface area contributed by atoms with Crippen LogP contribution < -0.4 is 11.1 Å². The van der Waals surface area contributed by atoms with Crippen LogP contribution in [-0.4, -0.2) is 36.3 Å². The number of hydrogen-bond acceptors (Lipinski definition) is 4. The molecule has 1 aliphatic heterocycles. The van der Waals surface area contributed by atoms with Gasteiger partial charge in [-0.1, -0.05) is 13.8 Å². The van der Waals surface area contributed by atoms with Crippen LogP contribution in [0, 0.1) is 11.8 Å². The number of carbonyl (C=O) groups excluding carboxylic acids is 2. The Balaban J connectivity index is 1.92. The fraction of sp³-hybridized carbons (Fsp3) is 0.571. The summed E-state index contributed by atoms with van der Waals surface area (Å²) >= 11 is 1.32. The minimum Gasteiger partial charge on any atom is -0.366 e.